The van der Waals surface area contributed by atoms with Crippen LogP contribution in [0.5, 0.6) is 0 Å². The first kappa shape index (κ1) is 16.7. The largest absolute Gasteiger partial charge is 0.329 e. The van der Waals surface area contributed by atoms with Gasteiger partial charge in [-0.05, 0) is 38.4 Å². The van der Waals surface area contributed by atoms with Gasteiger partial charge in [0.25, 0.3) is 0 Å². The Bertz CT molecular complexity index is 605. The van der Waals surface area contributed by atoms with E-state index >= 15 is 0 Å². The van der Waals surface area contributed by atoms with Gasteiger partial charge in [0, 0.05) is 23.1 Å². The number of benzene rings is 1. The van der Waals surface area contributed by atoms with Gasteiger partial charge in [-0.1, -0.05) is 29.8 Å². The molecule has 21 heavy (non-hydrogen) atoms. The molecule has 4 nitrogen and oxygen atoms in total. The Morgan fingerprint density at radius 1 is 1.43 bits per heavy atom. The van der Waals surface area contributed by atoms with Gasteiger partial charge < -0.3 is 5.73 Å². The third kappa shape index (κ3) is 3.42. The molecule has 0 bridgehead atoms. The highest BCUT2D eigenvalue weighted by atomic mass is 35.5. The van der Waals surface area contributed by atoms with Crippen molar-refractivity contribution in [3.63, 3.8) is 0 Å². The second-order valence-corrected chi connectivity index (χ2v) is 8.52. The van der Waals surface area contributed by atoms with Crippen molar-refractivity contribution >= 4 is 21.4 Å². The minimum absolute atomic E-state index is 0.00977. The molecule has 6 heteroatoms. The lowest BCUT2D eigenvalue weighted by molar-refractivity contribution is 0.0904. The zero-order valence-corrected chi connectivity index (χ0v) is 14.1. The average molecular weight is 331 g/mol. The molecule has 2 N–H and O–H groups in total. The monoisotopic (exact) mass is 330 g/mol. The van der Waals surface area contributed by atoms with Gasteiger partial charge in [-0.3, -0.25) is 4.90 Å². The van der Waals surface area contributed by atoms with Gasteiger partial charge in [-0.25, -0.2) is 8.42 Å². The van der Waals surface area contributed by atoms with Crippen molar-refractivity contribution in [3.8, 4) is 0 Å². The summed E-state index contributed by atoms with van der Waals surface area (Å²) < 4.78 is 24.1. The van der Waals surface area contributed by atoms with Gasteiger partial charge in [0.15, 0.2) is 9.84 Å². The molecule has 1 aromatic carbocycles. The average Bonchev–Trinajstić information content (AvgIpc) is 2.45. The summed E-state index contributed by atoms with van der Waals surface area (Å²) in [5.41, 5.74) is 6.47. The van der Waals surface area contributed by atoms with E-state index in [1.54, 1.807) is 0 Å². The fourth-order valence-electron chi connectivity index (χ4n) is 3.19. The summed E-state index contributed by atoms with van der Waals surface area (Å²) in [6.45, 7) is 2.37. The molecular formula is C15H23ClN2O2S. The maximum atomic E-state index is 12.0. The second kappa shape index (κ2) is 6.24. The van der Waals surface area contributed by atoms with Crippen LogP contribution in [-0.4, -0.2) is 44.0 Å². The molecule has 1 saturated heterocycles. The van der Waals surface area contributed by atoms with E-state index in [1.165, 1.54) is 0 Å². The molecule has 2 rings (SSSR count). The predicted octanol–water partition coefficient (Wildman–Crippen LogP) is 2.24. The second-order valence-electron chi connectivity index (χ2n) is 5.93. The molecule has 1 aromatic rings. The lowest BCUT2D eigenvalue weighted by Crippen LogP contribution is -2.59. The van der Waals surface area contributed by atoms with Crippen LogP contribution in [0.15, 0.2) is 24.3 Å². The summed E-state index contributed by atoms with van der Waals surface area (Å²) in [7, 11) is -1.08. The first-order valence-electron chi connectivity index (χ1n) is 7.19. The lowest BCUT2D eigenvalue weighted by atomic mass is 9.91. The van der Waals surface area contributed by atoms with Crippen molar-refractivity contribution in [2.45, 2.75) is 31.3 Å². The number of hydrogen-bond donors (Lipinski definition) is 1. The summed E-state index contributed by atoms with van der Waals surface area (Å²) in [4.78, 5) is 2.09. The normalized spacial score (nSPS) is 26.7. The molecule has 1 aliphatic rings. The highest BCUT2D eigenvalue weighted by Gasteiger charge is 2.43. The maximum Gasteiger partial charge on any atom is 0.152 e. The van der Waals surface area contributed by atoms with Gasteiger partial charge in [0.05, 0.1) is 11.5 Å². The Balaban J connectivity index is 2.32. The van der Waals surface area contributed by atoms with E-state index in [0.717, 1.165) is 12.0 Å². The zero-order chi connectivity index (χ0) is 15.7. The van der Waals surface area contributed by atoms with Crippen LogP contribution in [0, 0.1) is 0 Å². The molecule has 0 aromatic heterocycles. The van der Waals surface area contributed by atoms with Gasteiger partial charge >= 0.3 is 0 Å². The molecule has 0 radical (unpaired) electrons. The van der Waals surface area contributed by atoms with Crippen molar-refractivity contribution in [1.82, 2.24) is 4.90 Å². The number of halogens is 1. The van der Waals surface area contributed by atoms with Crippen molar-refractivity contribution < 1.29 is 8.42 Å². The van der Waals surface area contributed by atoms with E-state index in [-0.39, 0.29) is 17.5 Å². The van der Waals surface area contributed by atoms with Crippen LogP contribution in [0.3, 0.4) is 0 Å². The molecule has 1 fully saturated rings. The van der Waals surface area contributed by atoms with Crippen molar-refractivity contribution in [3.05, 3.63) is 34.9 Å². The highest BCUT2D eigenvalue weighted by Crippen LogP contribution is 2.35. The smallest absolute Gasteiger partial charge is 0.152 e. The number of rotatable bonds is 4. The standard InChI is InChI=1S/C15H23ClN2O2S/c1-12(13-6-3-4-7-14(13)16)18(2)15(10-17)8-5-9-21(19,20)11-15/h3-4,6-7,12H,5,8-11,17H2,1-2H3. The van der Waals surface area contributed by atoms with Crippen LogP contribution in [0.1, 0.15) is 31.4 Å². The Morgan fingerprint density at radius 2 is 2.10 bits per heavy atom. The number of likely N-dealkylation sites (N-methyl/N-ethyl adjacent to an activating group) is 1. The number of nitrogens with two attached hydrogens (primary N) is 1. The minimum atomic E-state index is -3.03. The maximum absolute atomic E-state index is 12.0. The van der Waals surface area contributed by atoms with Gasteiger partial charge in [0.1, 0.15) is 0 Å². The Labute approximate surface area is 132 Å². The Morgan fingerprint density at radius 3 is 2.67 bits per heavy atom. The van der Waals surface area contributed by atoms with Crippen LogP contribution in [-0.2, 0) is 9.84 Å². The number of hydrogen-bond acceptors (Lipinski definition) is 4. The first-order chi connectivity index (χ1) is 9.81. The van der Waals surface area contributed by atoms with Crippen LogP contribution in [0.4, 0.5) is 0 Å². The Hall–Kier alpha value is -0.620. The molecule has 0 amide bonds. The molecule has 0 aliphatic carbocycles. The Kier molecular flexibility index (Phi) is 4.98. The molecule has 1 aliphatic heterocycles. The summed E-state index contributed by atoms with van der Waals surface area (Å²) in [6.07, 6.45) is 1.47. The minimum Gasteiger partial charge on any atom is -0.329 e. The van der Waals surface area contributed by atoms with E-state index in [1.807, 2.05) is 38.2 Å². The van der Waals surface area contributed by atoms with E-state index in [0.29, 0.717) is 18.0 Å². The van der Waals surface area contributed by atoms with Gasteiger partial charge in [-0.2, -0.15) is 0 Å². The van der Waals surface area contributed by atoms with Crippen LogP contribution in [0.2, 0.25) is 5.02 Å². The van der Waals surface area contributed by atoms with Crippen molar-refractivity contribution in [2.24, 2.45) is 5.73 Å². The number of nitrogens with zero attached hydrogens (tertiary/aromatic N) is 1. The third-order valence-electron chi connectivity index (χ3n) is 4.65. The SMILES string of the molecule is CC(c1ccccc1Cl)N(C)C1(CN)CCCS(=O)(=O)C1. The molecule has 2 unspecified atom stereocenters. The van der Waals surface area contributed by atoms with E-state index in [4.69, 9.17) is 17.3 Å². The van der Waals surface area contributed by atoms with E-state index < -0.39 is 15.4 Å². The third-order valence-corrected chi connectivity index (χ3v) is 6.88. The molecule has 2 atom stereocenters. The zero-order valence-electron chi connectivity index (χ0n) is 12.5. The van der Waals surface area contributed by atoms with Gasteiger partial charge in [-0.15, -0.1) is 0 Å². The quantitative estimate of drug-likeness (QED) is 0.919. The summed E-state index contributed by atoms with van der Waals surface area (Å²) in [6, 6.07) is 7.68. The highest BCUT2D eigenvalue weighted by molar-refractivity contribution is 7.91. The molecule has 1 heterocycles. The molecule has 0 spiro atoms. The molecule has 0 saturated carbocycles. The lowest BCUT2D eigenvalue weighted by Gasteiger charge is -2.46. The van der Waals surface area contributed by atoms with Gasteiger partial charge in [0.2, 0.25) is 0 Å². The topological polar surface area (TPSA) is 63.4 Å². The van der Waals surface area contributed by atoms with Crippen molar-refractivity contribution in [1.29, 1.82) is 0 Å². The summed E-state index contributed by atoms with van der Waals surface area (Å²) >= 11 is 6.27. The van der Waals surface area contributed by atoms with E-state index in [2.05, 4.69) is 4.90 Å². The molecule has 118 valence electrons. The van der Waals surface area contributed by atoms with Crippen LogP contribution >= 0.6 is 11.6 Å². The summed E-state index contributed by atoms with van der Waals surface area (Å²) in [5.74, 6) is 0.394. The molecular weight excluding hydrogens is 308 g/mol. The summed E-state index contributed by atoms with van der Waals surface area (Å²) in [5, 5.41) is 0.697. The fraction of sp³-hybridized carbons (Fsp3) is 0.600. The number of sulfone groups is 1. The van der Waals surface area contributed by atoms with Crippen LogP contribution < -0.4 is 5.73 Å². The van der Waals surface area contributed by atoms with Crippen molar-refractivity contribution in [2.75, 3.05) is 25.1 Å². The van der Waals surface area contributed by atoms with E-state index in [9.17, 15) is 8.42 Å². The predicted molar refractivity (Wildman–Crippen MR) is 87.3 cm³/mol. The van der Waals surface area contributed by atoms with Crippen LogP contribution in [0.25, 0.3) is 0 Å². The first-order valence-corrected chi connectivity index (χ1v) is 9.39. The fourth-order valence-corrected chi connectivity index (χ4v) is 5.50.